The number of hydrogen-bond donors (Lipinski definition) is 1. The van der Waals surface area contributed by atoms with Gasteiger partial charge in [-0.1, -0.05) is 0 Å². The van der Waals surface area contributed by atoms with Gasteiger partial charge in [-0.15, -0.1) is 0 Å². The number of carbonyl (C=O) groups is 2. The number of ether oxygens (including phenoxy) is 1. The van der Waals surface area contributed by atoms with Gasteiger partial charge in [-0.25, -0.2) is 0 Å². The first-order chi connectivity index (χ1) is 11.1. The number of hydrogen-bond acceptors (Lipinski definition) is 5. The smallest absolute Gasteiger partial charge is 0.309 e. The van der Waals surface area contributed by atoms with Gasteiger partial charge in [0.2, 0.25) is 5.91 Å². The number of aliphatic carboxylic acids is 1. The van der Waals surface area contributed by atoms with Gasteiger partial charge in [0.25, 0.3) is 0 Å². The molecular formula is C15H22N4O4. The number of carboxylic acids is 1. The number of carbonyl (C=O) groups excluding carboxylic acids is 1. The number of carboxylic acid groups (broad SMARTS) is 1. The van der Waals surface area contributed by atoms with Gasteiger partial charge in [0.15, 0.2) is 0 Å². The van der Waals surface area contributed by atoms with Crippen LogP contribution in [-0.4, -0.2) is 76.0 Å². The summed E-state index contributed by atoms with van der Waals surface area (Å²) in [4.78, 5) is 27.8. The van der Waals surface area contributed by atoms with Crippen LogP contribution in [0.1, 0.15) is 18.0 Å². The van der Waals surface area contributed by atoms with E-state index in [-0.39, 0.29) is 12.3 Å². The highest BCUT2D eigenvalue weighted by molar-refractivity contribution is 5.87. The van der Waals surface area contributed by atoms with Crippen molar-refractivity contribution in [2.45, 2.75) is 12.5 Å². The highest BCUT2D eigenvalue weighted by Crippen LogP contribution is 2.37. The van der Waals surface area contributed by atoms with E-state index in [1.165, 1.54) is 0 Å². The maximum atomic E-state index is 12.3. The van der Waals surface area contributed by atoms with E-state index in [9.17, 15) is 14.7 Å². The number of morpholine rings is 1. The second-order valence-corrected chi connectivity index (χ2v) is 6.08. The van der Waals surface area contributed by atoms with Gasteiger partial charge < -0.3 is 14.7 Å². The fourth-order valence-electron chi connectivity index (χ4n) is 3.35. The summed E-state index contributed by atoms with van der Waals surface area (Å²) in [6, 6.07) is -0.435. The summed E-state index contributed by atoms with van der Waals surface area (Å²) in [7, 11) is 1.79. The molecule has 2 atom stereocenters. The molecule has 2 fully saturated rings. The SMILES string of the molecule is Cn1cc([C@@H]2[C@H](C(=O)O)CC(=O)N2CCN2CCOCC2)cn1. The van der Waals surface area contributed by atoms with Gasteiger partial charge in [-0.3, -0.25) is 19.2 Å². The number of aryl methyl sites for hydroxylation is 1. The second kappa shape index (κ2) is 6.67. The van der Waals surface area contributed by atoms with Gasteiger partial charge in [0.1, 0.15) is 0 Å². The van der Waals surface area contributed by atoms with Crippen LogP contribution in [0.3, 0.4) is 0 Å². The van der Waals surface area contributed by atoms with E-state index in [4.69, 9.17) is 4.74 Å². The third-order valence-electron chi connectivity index (χ3n) is 4.58. The zero-order valence-corrected chi connectivity index (χ0v) is 13.2. The van der Waals surface area contributed by atoms with Crippen molar-refractivity contribution in [2.24, 2.45) is 13.0 Å². The minimum Gasteiger partial charge on any atom is -0.481 e. The molecule has 126 valence electrons. The number of aromatic nitrogens is 2. The molecule has 0 radical (unpaired) electrons. The molecule has 0 aromatic carbocycles. The Kier molecular flexibility index (Phi) is 4.63. The minimum absolute atomic E-state index is 0.0536. The van der Waals surface area contributed by atoms with E-state index in [0.29, 0.717) is 19.8 Å². The molecule has 8 nitrogen and oxygen atoms in total. The molecule has 0 spiro atoms. The normalized spacial score (nSPS) is 26.0. The van der Waals surface area contributed by atoms with Crippen LogP contribution >= 0.6 is 0 Å². The van der Waals surface area contributed by atoms with Crippen LogP contribution in [0.4, 0.5) is 0 Å². The molecule has 0 aliphatic carbocycles. The molecule has 2 aliphatic rings. The lowest BCUT2D eigenvalue weighted by atomic mass is 9.96. The maximum Gasteiger partial charge on any atom is 0.309 e. The molecule has 3 heterocycles. The minimum atomic E-state index is -0.930. The summed E-state index contributed by atoms with van der Waals surface area (Å²) in [5.74, 6) is -1.74. The highest BCUT2D eigenvalue weighted by Gasteiger charge is 2.45. The first-order valence-electron chi connectivity index (χ1n) is 7.87. The summed E-state index contributed by atoms with van der Waals surface area (Å²) in [6.07, 6.45) is 3.50. The Morgan fingerprint density at radius 2 is 2.13 bits per heavy atom. The first-order valence-corrected chi connectivity index (χ1v) is 7.87. The van der Waals surface area contributed by atoms with E-state index < -0.39 is 17.9 Å². The molecule has 2 aliphatic heterocycles. The van der Waals surface area contributed by atoms with Crippen LogP contribution in [0, 0.1) is 5.92 Å². The van der Waals surface area contributed by atoms with Gasteiger partial charge in [0.05, 0.1) is 31.4 Å². The van der Waals surface area contributed by atoms with Gasteiger partial charge in [-0.2, -0.15) is 5.10 Å². The Balaban J connectivity index is 1.75. The van der Waals surface area contributed by atoms with E-state index >= 15 is 0 Å². The molecule has 1 aromatic heterocycles. The fourth-order valence-corrected chi connectivity index (χ4v) is 3.35. The molecule has 1 N–H and O–H groups in total. The molecule has 0 unspecified atom stereocenters. The van der Waals surface area contributed by atoms with Crippen LogP contribution in [0.15, 0.2) is 12.4 Å². The van der Waals surface area contributed by atoms with Gasteiger partial charge >= 0.3 is 5.97 Å². The van der Waals surface area contributed by atoms with E-state index in [0.717, 1.165) is 25.2 Å². The lowest BCUT2D eigenvalue weighted by Crippen LogP contribution is -2.42. The van der Waals surface area contributed by atoms with Crippen molar-refractivity contribution >= 4 is 11.9 Å². The summed E-state index contributed by atoms with van der Waals surface area (Å²) < 4.78 is 6.96. The summed E-state index contributed by atoms with van der Waals surface area (Å²) in [5, 5.41) is 13.6. The number of amides is 1. The monoisotopic (exact) mass is 322 g/mol. The van der Waals surface area contributed by atoms with Crippen molar-refractivity contribution < 1.29 is 19.4 Å². The van der Waals surface area contributed by atoms with E-state index in [2.05, 4.69) is 10.00 Å². The molecule has 3 rings (SSSR count). The number of likely N-dealkylation sites (tertiary alicyclic amines) is 1. The topological polar surface area (TPSA) is 87.9 Å². The maximum absolute atomic E-state index is 12.3. The van der Waals surface area contributed by atoms with Gasteiger partial charge in [-0.05, 0) is 0 Å². The Morgan fingerprint density at radius 3 is 2.74 bits per heavy atom. The highest BCUT2D eigenvalue weighted by atomic mass is 16.5. The van der Waals surface area contributed by atoms with Crippen molar-refractivity contribution in [3.63, 3.8) is 0 Å². The van der Waals surface area contributed by atoms with Crippen LogP contribution < -0.4 is 0 Å². The third-order valence-corrected chi connectivity index (χ3v) is 4.58. The molecule has 0 bridgehead atoms. The molecule has 23 heavy (non-hydrogen) atoms. The van der Waals surface area contributed by atoms with Crippen molar-refractivity contribution in [3.8, 4) is 0 Å². The molecule has 8 heteroatoms. The quantitative estimate of drug-likeness (QED) is 0.803. The largest absolute Gasteiger partial charge is 0.481 e. The van der Waals surface area contributed by atoms with Crippen molar-refractivity contribution in [1.29, 1.82) is 0 Å². The molecule has 2 saturated heterocycles. The predicted molar refractivity (Wildman–Crippen MR) is 80.7 cm³/mol. The van der Waals surface area contributed by atoms with Crippen LogP contribution in [-0.2, 0) is 21.4 Å². The molecule has 1 aromatic rings. The Hall–Kier alpha value is -1.93. The molecule has 1 amide bonds. The van der Waals surface area contributed by atoms with E-state index in [1.54, 1.807) is 29.0 Å². The van der Waals surface area contributed by atoms with Crippen LogP contribution in [0.5, 0.6) is 0 Å². The summed E-state index contributed by atoms with van der Waals surface area (Å²) >= 11 is 0. The number of rotatable bonds is 5. The Morgan fingerprint density at radius 1 is 1.39 bits per heavy atom. The average Bonchev–Trinajstić information content (AvgIpc) is 3.09. The summed E-state index contributed by atoms with van der Waals surface area (Å²) in [6.45, 7) is 4.37. The Bertz CT molecular complexity index is 582. The zero-order valence-electron chi connectivity index (χ0n) is 13.2. The standard InChI is InChI=1S/C15H22N4O4/c1-17-10-11(9-16-17)14-12(15(21)22)8-13(20)19(14)3-2-18-4-6-23-7-5-18/h9-10,12,14H,2-8H2,1H3,(H,21,22)/t12-,14-/m1/s1. The van der Waals surface area contributed by atoms with Crippen molar-refractivity contribution in [3.05, 3.63) is 18.0 Å². The van der Waals surface area contributed by atoms with E-state index in [1.807, 2.05) is 0 Å². The summed E-state index contributed by atoms with van der Waals surface area (Å²) in [5.41, 5.74) is 0.785. The second-order valence-electron chi connectivity index (χ2n) is 6.08. The zero-order chi connectivity index (χ0) is 16.4. The fraction of sp³-hybridized carbons (Fsp3) is 0.667. The van der Waals surface area contributed by atoms with Gasteiger partial charge in [0, 0.05) is 51.4 Å². The van der Waals surface area contributed by atoms with Crippen LogP contribution in [0.25, 0.3) is 0 Å². The van der Waals surface area contributed by atoms with Crippen molar-refractivity contribution in [1.82, 2.24) is 19.6 Å². The lowest BCUT2D eigenvalue weighted by Gasteiger charge is -2.31. The molecular weight excluding hydrogens is 300 g/mol. The Labute approximate surface area is 134 Å². The molecule has 0 saturated carbocycles. The first kappa shape index (κ1) is 15.9. The lowest BCUT2D eigenvalue weighted by molar-refractivity contribution is -0.142. The third kappa shape index (κ3) is 3.37. The van der Waals surface area contributed by atoms with Crippen molar-refractivity contribution in [2.75, 3.05) is 39.4 Å². The average molecular weight is 322 g/mol. The predicted octanol–water partition coefficient (Wildman–Crippen LogP) is -0.273. The van der Waals surface area contributed by atoms with Crippen LogP contribution in [0.2, 0.25) is 0 Å². The number of nitrogens with zero attached hydrogens (tertiary/aromatic N) is 4.